The molecular weight excluding hydrogens is 386 g/mol. The Labute approximate surface area is 180 Å². The molecule has 1 unspecified atom stereocenters. The van der Waals surface area contributed by atoms with E-state index in [1.807, 2.05) is 74.5 Å². The fourth-order valence-corrected chi connectivity index (χ4v) is 3.93. The number of nitrogens with two attached hydrogens (primary N) is 2. The summed E-state index contributed by atoms with van der Waals surface area (Å²) in [6, 6.07) is 21.5. The number of para-hydroxylation sites is 1. The predicted molar refractivity (Wildman–Crippen MR) is 126 cm³/mol. The molecule has 0 bridgehead atoms. The highest BCUT2D eigenvalue weighted by Crippen LogP contribution is 2.39. The SMILES string of the molecule is Cc1ccc2cccc(Oc3ccc(C4(N)N=CNc5ccc(N)cc54)cc3C)c2n1. The average Bonchev–Trinajstić information content (AvgIpc) is 2.76. The van der Waals surface area contributed by atoms with E-state index < -0.39 is 5.66 Å². The smallest absolute Gasteiger partial charge is 0.163 e. The Morgan fingerprint density at radius 1 is 0.935 bits per heavy atom. The Morgan fingerprint density at radius 2 is 1.81 bits per heavy atom. The van der Waals surface area contributed by atoms with Crippen molar-refractivity contribution in [2.24, 2.45) is 10.7 Å². The van der Waals surface area contributed by atoms with Crippen LogP contribution in [0.4, 0.5) is 11.4 Å². The highest BCUT2D eigenvalue weighted by molar-refractivity contribution is 5.85. The second-order valence-corrected chi connectivity index (χ2v) is 7.84. The van der Waals surface area contributed by atoms with E-state index in [0.29, 0.717) is 5.69 Å². The van der Waals surface area contributed by atoms with Gasteiger partial charge in [-0.3, -0.25) is 5.73 Å². The monoisotopic (exact) mass is 409 g/mol. The largest absolute Gasteiger partial charge is 0.455 e. The summed E-state index contributed by atoms with van der Waals surface area (Å²) in [5.41, 5.74) is 17.7. The number of pyridine rings is 1. The normalized spacial score (nSPS) is 17.3. The zero-order valence-corrected chi connectivity index (χ0v) is 17.4. The molecule has 0 radical (unpaired) electrons. The van der Waals surface area contributed by atoms with Crippen LogP contribution in [0.3, 0.4) is 0 Å². The molecule has 31 heavy (non-hydrogen) atoms. The molecule has 3 aromatic carbocycles. The van der Waals surface area contributed by atoms with Crippen LogP contribution in [0.5, 0.6) is 11.5 Å². The summed E-state index contributed by atoms with van der Waals surface area (Å²) in [7, 11) is 0. The number of hydrogen-bond acceptors (Lipinski definition) is 6. The Hall–Kier alpha value is -3.90. The highest BCUT2D eigenvalue weighted by atomic mass is 16.5. The minimum absolute atomic E-state index is 0.642. The van der Waals surface area contributed by atoms with Gasteiger partial charge in [0.15, 0.2) is 11.4 Å². The van der Waals surface area contributed by atoms with Crippen molar-refractivity contribution in [3.8, 4) is 11.5 Å². The van der Waals surface area contributed by atoms with E-state index in [-0.39, 0.29) is 0 Å². The Kier molecular flexibility index (Phi) is 4.38. The Bertz CT molecular complexity index is 1350. The van der Waals surface area contributed by atoms with Crippen LogP contribution in [0.25, 0.3) is 10.9 Å². The quantitative estimate of drug-likeness (QED) is 0.421. The van der Waals surface area contributed by atoms with Crippen LogP contribution in [0, 0.1) is 13.8 Å². The topological polar surface area (TPSA) is 98.5 Å². The number of aromatic nitrogens is 1. The first-order valence-corrected chi connectivity index (χ1v) is 10.1. The maximum atomic E-state index is 6.78. The maximum absolute atomic E-state index is 6.78. The summed E-state index contributed by atoms with van der Waals surface area (Å²) in [4.78, 5) is 9.21. The van der Waals surface area contributed by atoms with Gasteiger partial charge in [-0.2, -0.15) is 0 Å². The summed E-state index contributed by atoms with van der Waals surface area (Å²) in [6.07, 6.45) is 1.63. The summed E-state index contributed by atoms with van der Waals surface area (Å²) < 4.78 is 6.27. The van der Waals surface area contributed by atoms with Crippen molar-refractivity contribution in [2.45, 2.75) is 19.5 Å². The third-order valence-corrected chi connectivity index (χ3v) is 5.60. The molecule has 0 spiro atoms. The molecule has 6 nitrogen and oxygen atoms in total. The highest BCUT2D eigenvalue weighted by Gasteiger charge is 2.34. The van der Waals surface area contributed by atoms with Crippen molar-refractivity contribution in [3.63, 3.8) is 0 Å². The molecule has 0 fully saturated rings. The molecule has 0 aliphatic carbocycles. The number of nitrogen functional groups attached to an aromatic ring is 1. The molecule has 2 heterocycles. The van der Waals surface area contributed by atoms with Gasteiger partial charge in [0.1, 0.15) is 11.3 Å². The second-order valence-electron chi connectivity index (χ2n) is 7.84. The van der Waals surface area contributed by atoms with E-state index in [1.165, 1.54) is 0 Å². The molecule has 0 saturated carbocycles. The molecular formula is C25H23N5O. The number of nitrogens with one attached hydrogen (secondary N) is 1. The number of ether oxygens (including phenoxy) is 1. The fourth-order valence-electron chi connectivity index (χ4n) is 3.93. The maximum Gasteiger partial charge on any atom is 0.163 e. The van der Waals surface area contributed by atoms with Crippen LogP contribution < -0.4 is 21.5 Å². The Morgan fingerprint density at radius 3 is 2.65 bits per heavy atom. The van der Waals surface area contributed by atoms with Gasteiger partial charge in [0.25, 0.3) is 0 Å². The van der Waals surface area contributed by atoms with E-state index in [2.05, 4.69) is 21.4 Å². The van der Waals surface area contributed by atoms with Crippen molar-refractivity contribution in [2.75, 3.05) is 11.1 Å². The van der Waals surface area contributed by atoms with Gasteiger partial charge < -0.3 is 15.8 Å². The zero-order valence-electron chi connectivity index (χ0n) is 17.4. The number of hydrogen-bond donors (Lipinski definition) is 3. The van der Waals surface area contributed by atoms with E-state index in [4.69, 9.17) is 16.2 Å². The summed E-state index contributed by atoms with van der Waals surface area (Å²) >= 11 is 0. The number of fused-ring (bicyclic) bond motifs is 2. The van der Waals surface area contributed by atoms with Crippen LogP contribution in [0.15, 0.2) is 71.7 Å². The number of aryl methyl sites for hydroxylation is 2. The number of anilines is 2. The molecule has 4 aromatic rings. The lowest BCUT2D eigenvalue weighted by Crippen LogP contribution is -2.39. The molecule has 1 aromatic heterocycles. The van der Waals surface area contributed by atoms with Gasteiger partial charge >= 0.3 is 0 Å². The first-order chi connectivity index (χ1) is 14.9. The molecule has 5 N–H and O–H groups in total. The number of nitrogens with zero attached hydrogens (tertiary/aromatic N) is 2. The lowest BCUT2D eigenvalue weighted by molar-refractivity contribution is 0.481. The summed E-state index contributed by atoms with van der Waals surface area (Å²) in [6.45, 7) is 3.97. The molecule has 1 aliphatic heterocycles. The number of aliphatic imine (C=N–C) groups is 1. The van der Waals surface area contributed by atoms with E-state index >= 15 is 0 Å². The van der Waals surface area contributed by atoms with E-state index in [0.717, 1.165) is 50.5 Å². The molecule has 6 heteroatoms. The lowest BCUT2D eigenvalue weighted by Gasteiger charge is -2.32. The molecule has 0 amide bonds. The molecule has 5 rings (SSSR count). The van der Waals surface area contributed by atoms with Crippen LogP contribution in [-0.2, 0) is 5.66 Å². The second kappa shape index (κ2) is 7.11. The van der Waals surface area contributed by atoms with Crippen LogP contribution in [0.1, 0.15) is 22.4 Å². The van der Waals surface area contributed by atoms with Crippen molar-refractivity contribution in [1.29, 1.82) is 0 Å². The van der Waals surface area contributed by atoms with Gasteiger partial charge in [0.2, 0.25) is 0 Å². The van der Waals surface area contributed by atoms with E-state index in [9.17, 15) is 0 Å². The molecule has 154 valence electrons. The Balaban J connectivity index is 1.54. The van der Waals surface area contributed by atoms with Crippen molar-refractivity contribution < 1.29 is 4.74 Å². The number of rotatable bonds is 3. The van der Waals surface area contributed by atoms with E-state index in [1.54, 1.807) is 6.34 Å². The van der Waals surface area contributed by atoms with Crippen molar-refractivity contribution >= 4 is 28.6 Å². The average molecular weight is 409 g/mol. The fraction of sp³-hybridized carbons (Fsp3) is 0.120. The third-order valence-electron chi connectivity index (χ3n) is 5.60. The predicted octanol–water partition coefficient (Wildman–Crippen LogP) is 4.84. The van der Waals surface area contributed by atoms with Crippen LogP contribution in [-0.4, -0.2) is 11.3 Å². The van der Waals surface area contributed by atoms with Gasteiger partial charge in [0.05, 0.1) is 6.34 Å². The van der Waals surface area contributed by atoms with Gasteiger partial charge in [0, 0.05) is 28.0 Å². The van der Waals surface area contributed by atoms with Crippen molar-refractivity contribution in [1.82, 2.24) is 4.98 Å². The molecule has 1 aliphatic rings. The zero-order chi connectivity index (χ0) is 21.6. The minimum Gasteiger partial charge on any atom is -0.455 e. The van der Waals surface area contributed by atoms with Crippen molar-refractivity contribution in [3.05, 3.63) is 89.1 Å². The van der Waals surface area contributed by atoms with Gasteiger partial charge in [-0.25, -0.2) is 9.98 Å². The van der Waals surface area contributed by atoms with Crippen LogP contribution in [0.2, 0.25) is 0 Å². The minimum atomic E-state index is -1.03. The number of benzene rings is 3. The molecule has 1 atom stereocenters. The molecule has 0 saturated heterocycles. The summed E-state index contributed by atoms with van der Waals surface area (Å²) in [5, 5.41) is 4.17. The third kappa shape index (κ3) is 3.27. The van der Waals surface area contributed by atoms with Gasteiger partial charge in [-0.1, -0.05) is 24.3 Å². The van der Waals surface area contributed by atoms with Gasteiger partial charge in [-0.15, -0.1) is 0 Å². The first-order valence-electron chi connectivity index (χ1n) is 10.1. The lowest BCUT2D eigenvalue weighted by atomic mass is 9.89. The van der Waals surface area contributed by atoms with Crippen LogP contribution >= 0.6 is 0 Å². The standard InChI is InChI=1S/C25H23N5O/c1-15-12-18(25(27)20-13-19(26)9-10-21(20)28-14-29-25)8-11-22(15)31-23-5-3-4-17-7-6-16(2)30-24(17)23/h3-14H,26-27H2,1-2H3,(H,28,29). The first kappa shape index (κ1) is 19.1. The van der Waals surface area contributed by atoms with Gasteiger partial charge in [-0.05, 0) is 67.4 Å². The summed E-state index contributed by atoms with van der Waals surface area (Å²) in [5.74, 6) is 1.46.